The lowest BCUT2D eigenvalue weighted by Gasteiger charge is -2.44. The predicted octanol–water partition coefficient (Wildman–Crippen LogP) is 1.57. The van der Waals surface area contributed by atoms with Crippen LogP contribution in [0.2, 0.25) is 0 Å². The minimum atomic E-state index is -0.657. The molecule has 0 aromatic heterocycles. The summed E-state index contributed by atoms with van der Waals surface area (Å²) in [6, 6.07) is 4.67. The molecule has 0 radical (unpaired) electrons. The number of halogens is 1. The first-order valence-electron chi connectivity index (χ1n) is 8.93. The molecule has 1 heterocycles. The molecule has 0 bridgehead atoms. The number of methoxy groups -OCH3 is 1. The fourth-order valence-corrected chi connectivity index (χ4v) is 3.94. The molecule has 7 heteroatoms. The van der Waals surface area contributed by atoms with E-state index in [9.17, 15) is 14.0 Å². The minimum Gasteiger partial charge on any atom is -0.494 e. The number of amides is 2. The summed E-state index contributed by atoms with van der Waals surface area (Å²) in [4.78, 5) is 23.9. The quantitative estimate of drug-likeness (QED) is 0.778. The Labute approximate surface area is 152 Å². The van der Waals surface area contributed by atoms with E-state index in [1.54, 1.807) is 12.1 Å². The van der Waals surface area contributed by atoms with Gasteiger partial charge in [-0.25, -0.2) is 4.39 Å². The average Bonchev–Trinajstić information content (AvgIpc) is 2.96. The molecule has 142 valence electrons. The van der Waals surface area contributed by atoms with Gasteiger partial charge in [-0.05, 0) is 50.3 Å². The van der Waals surface area contributed by atoms with Crippen LogP contribution < -0.4 is 15.4 Å². The molecule has 1 saturated carbocycles. The van der Waals surface area contributed by atoms with Crippen LogP contribution in [0.15, 0.2) is 18.2 Å². The van der Waals surface area contributed by atoms with Crippen molar-refractivity contribution in [2.24, 2.45) is 5.41 Å². The number of rotatable bonds is 5. The van der Waals surface area contributed by atoms with Crippen molar-refractivity contribution in [2.75, 3.05) is 20.3 Å². The maximum Gasteiger partial charge on any atom is 0.309 e. The number of carbonyl (C=O) groups excluding carboxylic acids is 2. The van der Waals surface area contributed by atoms with Gasteiger partial charge in [0.2, 0.25) is 0 Å². The monoisotopic (exact) mass is 364 g/mol. The summed E-state index contributed by atoms with van der Waals surface area (Å²) in [5, 5.41) is 5.34. The molecule has 3 rings (SSSR count). The first kappa shape index (κ1) is 18.6. The Morgan fingerprint density at radius 2 is 2.08 bits per heavy atom. The van der Waals surface area contributed by atoms with Crippen LogP contribution in [0, 0.1) is 11.2 Å². The fraction of sp³-hybridized carbons (Fsp3) is 0.579. The van der Waals surface area contributed by atoms with Gasteiger partial charge in [0.05, 0.1) is 19.8 Å². The van der Waals surface area contributed by atoms with E-state index in [4.69, 9.17) is 9.47 Å². The Balaban J connectivity index is 1.37. The van der Waals surface area contributed by atoms with Crippen molar-refractivity contribution < 1.29 is 23.5 Å². The van der Waals surface area contributed by atoms with Gasteiger partial charge in [0.15, 0.2) is 11.6 Å². The van der Waals surface area contributed by atoms with Crippen molar-refractivity contribution in [2.45, 2.75) is 44.8 Å². The van der Waals surface area contributed by atoms with E-state index >= 15 is 0 Å². The van der Waals surface area contributed by atoms with Crippen LogP contribution in [0.5, 0.6) is 5.75 Å². The molecule has 2 fully saturated rings. The van der Waals surface area contributed by atoms with Gasteiger partial charge in [-0.3, -0.25) is 9.59 Å². The molecule has 2 aliphatic rings. The zero-order valence-electron chi connectivity index (χ0n) is 15.1. The van der Waals surface area contributed by atoms with Crippen molar-refractivity contribution in [3.63, 3.8) is 0 Å². The van der Waals surface area contributed by atoms with E-state index in [0.29, 0.717) is 6.42 Å². The SMILES string of the molecule is COc1ccc(CCNC(=O)C(=O)NC2CC3(COC(C)C3)C2)cc1F. The summed E-state index contributed by atoms with van der Waals surface area (Å²) in [6.07, 6.45) is 3.45. The lowest BCUT2D eigenvalue weighted by molar-refractivity contribution is -0.140. The molecular formula is C19H25FN2O4. The topological polar surface area (TPSA) is 76.7 Å². The highest BCUT2D eigenvalue weighted by molar-refractivity contribution is 6.35. The Morgan fingerprint density at radius 3 is 2.69 bits per heavy atom. The normalized spacial score (nSPS) is 27.0. The molecule has 1 aliphatic carbocycles. The second kappa shape index (κ2) is 7.61. The molecule has 1 atom stereocenters. The zero-order valence-corrected chi connectivity index (χ0v) is 15.1. The summed E-state index contributed by atoms with van der Waals surface area (Å²) in [5.74, 6) is -1.54. The Kier molecular flexibility index (Phi) is 5.46. The molecule has 1 spiro atoms. The molecule has 6 nitrogen and oxygen atoms in total. The minimum absolute atomic E-state index is 0.0397. The van der Waals surface area contributed by atoms with E-state index in [0.717, 1.165) is 31.4 Å². The molecule has 1 aliphatic heterocycles. The van der Waals surface area contributed by atoms with Crippen molar-refractivity contribution in [3.8, 4) is 5.75 Å². The van der Waals surface area contributed by atoms with Gasteiger partial charge >= 0.3 is 11.8 Å². The second-order valence-corrected chi connectivity index (χ2v) is 7.38. The Hall–Kier alpha value is -2.15. The van der Waals surface area contributed by atoms with Crippen LogP contribution in [0.3, 0.4) is 0 Å². The van der Waals surface area contributed by atoms with Crippen LogP contribution in [0.25, 0.3) is 0 Å². The smallest absolute Gasteiger partial charge is 0.309 e. The van der Waals surface area contributed by atoms with Crippen LogP contribution in [-0.2, 0) is 20.7 Å². The van der Waals surface area contributed by atoms with Crippen LogP contribution in [-0.4, -0.2) is 44.2 Å². The molecule has 26 heavy (non-hydrogen) atoms. The summed E-state index contributed by atoms with van der Waals surface area (Å²) < 4.78 is 24.1. The lowest BCUT2D eigenvalue weighted by atomic mass is 9.64. The number of nitrogens with one attached hydrogen (secondary N) is 2. The fourth-order valence-electron chi connectivity index (χ4n) is 3.94. The summed E-state index contributed by atoms with van der Waals surface area (Å²) >= 11 is 0. The van der Waals surface area contributed by atoms with Gasteiger partial charge in [0.1, 0.15) is 0 Å². The summed E-state index contributed by atoms with van der Waals surface area (Å²) in [5.41, 5.74) is 0.909. The molecule has 2 N–H and O–H groups in total. The van der Waals surface area contributed by atoms with Gasteiger partial charge in [-0.2, -0.15) is 0 Å². The lowest BCUT2D eigenvalue weighted by Crippen LogP contribution is -2.54. The maximum absolute atomic E-state index is 13.6. The third kappa shape index (κ3) is 4.15. The summed E-state index contributed by atoms with van der Waals surface area (Å²) in [6.45, 7) is 3.06. The van der Waals surface area contributed by atoms with Gasteiger partial charge in [0, 0.05) is 18.0 Å². The highest BCUT2D eigenvalue weighted by Crippen LogP contribution is 2.49. The number of hydrogen-bond acceptors (Lipinski definition) is 4. The van der Waals surface area contributed by atoms with Crippen LogP contribution >= 0.6 is 0 Å². The van der Waals surface area contributed by atoms with Crippen molar-refractivity contribution in [1.82, 2.24) is 10.6 Å². The van der Waals surface area contributed by atoms with E-state index in [1.165, 1.54) is 13.2 Å². The zero-order chi connectivity index (χ0) is 18.7. The van der Waals surface area contributed by atoms with Crippen LogP contribution in [0.4, 0.5) is 4.39 Å². The number of hydrogen-bond donors (Lipinski definition) is 2. The maximum atomic E-state index is 13.6. The number of benzene rings is 1. The summed E-state index contributed by atoms with van der Waals surface area (Å²) in [7, 11) is 1.40. The van der Waals surface area contributed by atoms with E-state index < -0.39 is 17.6 Å². The van der Waals surface area contributed by atoms with Crippen molar-refractivity contribution in [3.05, 3.63) is 29.6 Å². The Morgan fingerprint density at radius 1 is 1.31 bits per heavy atom. The van der Waals surface area contributed by atoms with Crippen LogP contribution in [0.1, 0.15) is 31.7 Å². The third-order valence-corrected chi connectivity index (χ3v) is 5.21. The van der Waals surface area contributed by atoms with Gasteiger partial charge < -0.3 is 20.1 Å². The molecule has 1 aromatic carbocycles. The van der Waals surface area contributed by atoms with Gasteiger partial charge in [0.25, 0.3) is 0 Å². The highest BCUT2D eigenvalue weighted by Gasteiger charge is 2.49. The largest absolute Gasteiger partial charge is 0.494 e. The molecule has 1 aromatic rings. The third-order valence-electron chi connectivity index (χ3n) is 5.21. The molecular weight excluding hydrogens is 339 g/mol. The van der Waals surface area contributed by atoms with Crippen molar-refractivity contribution >= 4 is 11.8 Å². The first-order chi connectivity index (χ1) is 12.4. The first-order valence-corrected chi connectivity index (χ1v) is 8.93. The molecule has 1 saturated heterocycles. The van der Waals surface area contributed by atoms with E-state index in [1.807, 2.05) is 0 Å². The molecule has 2 amide bonds. The predicted molar refractivity (Wildman–Crippen MR) is 93.3 cm³/mol. The Bertz CT molecular complexity index is 688. The average molecular weight is 364 g/mol. The van der Waals surface area contributed by atoms with E-state index in [2.05, 4.69) is 17.6 Å². The standard InChI is InChI=1S/C19H25FN2O4/c1-12-8-19(11-26-12)9-14(10-19)22-18(24)17(23)21-6-5-13-3-4-16(25-2)15(20)7-13/h3-4,7,12,14H,5-6,8-11H2,1-2H3,(H,21,23)(H,22,24). The number of ether oxygens (including phenoxy) is 2. The second-order valence-electron chi connectivity index (χ2n) is 7.38. The number of carbonyl (C=O) groups is 2. The highest BCUT2D eigenvalue weighted by atomic mass is 19.1. The van der Waals surface area contributed by atoms with Crippen molar-refractivity contribution in [1.29, 1.82) is 0 Å². The van der Waals surface area contributed by atoms with Gasteiger partial charge in [-0.15, -0.1) is 0 Å². The van der Waals surface area contributed by atoms with E-state index in [-0.39, 0.29) is 29.9 Å². The molecule has 1 unspecified atom stereocenters. The van der Waals surface area contributed by atoms with Gasteiger partial charge in [-0.1, -0.05) is 6.07 Å².